The minimum Gasteiger partial charge on any atom is -0.259 e. The van der Waals surface area contributed by atoms with Crippen molar-refractivity contribution in [2.75, 3.05) is 6.26 Å². The molecule has 1 rings (SSSR count). The maximum atomic E-state index is 12.9. The van der Waals surface area contributed by atoms with Gasteiger partial charge in [-0.25, -0.2) is 17.2 Å². The van der Waals surface area contributed by atoms with Crippen molar-refractivity contribution in [2.45, 2.75) is 37.5 Å². The number of sulfone groups is 1. The van der Waals surface area contributed by atoms with Gasteiger partial charge in [0, 0.05) is 23.4 Å². The van der Waals surface area contributed by atoms with Gasteiger partial charge >= 0.3 is 0 Å². The number of nitrogens with zero attached hydrogens (tertiary/aromatic N) is 1. The highest BCUT2D eigenvalue weighted by Gasteiger charge is 2.26. The molecule has 0 saturated heterocycles. The first kappa shape index (κ1) is 14.0. The van der Waals surface area contributed by atoms with Crippen molar-refractivity contribution in [3.05, 3.63) is 23.5 Å². The van der Waals surface area contributed by atoms with Crippen molar-refractivity contribution in [1.82, 2.24) is 4.98 Å². The monoisotopic (exact) mass is 263 g/mol. The van der Waals surface area contributed by atoms with E-state index in [-0.39, 0.29) is 16.2 Å². The average molecular weight is 263 g/mol. The Morgan fingerprint density at radius 1 is 1.29 bits per heavy atom. The molecule has 0 fully saturated rings. The zero-order chi connectivity index (χ0) is 13.4. The summed E-state index contributed by atoms with van der Waals surface area (Å²) in [6.45, 7) is 5.25. The van der Waals surface area contributed by atoms with Crippen LogP contribution in [0.1, 0.15) is 38.5 Å². The molecule has 0 N–H and O–H groups in total. The zero-order valence-corrected chi connectivity index (χ0v) is 11.0. The molecular formula is C11H15F2NO2S. The molecule has 0 unspecified atom stereocenters. The van der Waals surface area contributed by atoms with Crippen LogP contribution in [0.15, 0.2) is 17.2 Å². The fourth-order valence-electron chi connectivity index (χ4n) is 1.46. The van der Waals surface area contributed by atoms with Crippen LogP contribution in [0.4, 0.5) is 8.78 Å². The Hall–Kier alpha value is -1.04. The summed E-state index contributed by atoms with van der Waals surface area (Å²) in [4.78, 5) is 3.70. The number of halogens is 2. The summed E-state index contributed by atoms with van der Waals surface area (Å²) in [5.74, 6) is 0. The van der Waals surface area contributed by atoms with E-state index in [2.05, 4.69) is 4.98 Å². The van der Waals surface area contributed by atoms with Gasteiger partial charge in [-0.05, 0) is 6.07 Å². The summed E-state index contributed by atoms with van der Waals surface area (Å²) in [7, 11) is -3.52. The molecule has 3 nitrogen and oxygen atoms in total. The minimum absolute atomic E-state index is 0.180. The minimum atomic E-state index is -3.52. The number of hydrogen-bond donors (Lipinski definition) is 0. The molecule has 0 saturated carbocycles. The summed E-state index contributed by atoms with van der Waals surface area (Å²) < 4.78 is 48.4. The van der Waals surface area contributed by atoms with E-state index in [0.29, 0.717) is 0 Å². The Morgan fingerprint density at radius 2 is 1.82 bits per heavy atom. The molecule has 1 aromatic heterocycles. The number of pyridine rings is 1. The number of hydrogen-bond acceptors (Lipinski definition) is 3. The molecular weight excluding hydrogens is 248 g/mol. The first-order valence-electron chi connectivity index (χ1n) is 5.02. The Labute approximate surface area is 99.8 Å². The summed E-state index contributed by atoms with van der Waals surface area (Å²) in [5, 5.41) is 0. The predicted molar refractivity (Wildman–Crippen MR) is 61.0 cm³/mol. The van der Waals surface area contributed by atoms with Crippen molar-refractivity contribution >= 4 is 9.84 Å². The summed E-state index contributed by atoms with van der Waals surface area (Å²) in [5.41, 5.74) is -0.651. The van der Waals surface area contributed by atoms with Crippen LogP contribution in [0.25, 0.3) is 0 Å². The van der Waals surface area contributed by atoms with Gasteiger partial charge in [-0.1, -0.05) is 20.8 Å². The third-order valence-electron chi connectivity index (χ3n) is 2.27. The Kier molecular flexibility index (Phi) is 3.57. The maximum absolute atomic E-state index is 12.9. The van der Waals surface area contributed by atoms with Crippen molar-refractivity contribution in [2.24, 2.45) is 0 Å². The van der Waals surface area contributed by atoms with E-state index in [0.717, 1.165) is 18.5 Å². The lowest BCUT2D eigenvalue weighted by atomic mass is 9.88. The van der Waals surface area contributed by atoms with Crippen molar-refractivity contribution in [3.8, 4) is 0 Å². The van der Waals surface area contributed by atoms with Gasteiger partial charge in [0.2, 0.25) is 0 Å². The second-order valence-electron chi connectivity index (χ2n) is 4.93. The van der Waals surface area contributed by atoms with Crippen LogP contribution in [0.3, 0.4) is 0 Å². The highest BCUT2D eigenvalue weighted by molar-refractivity contribution is 7.90. The van der Waals surface area contributed by atoms with Gasteiger partial charge in [0.25, 0.3) is 6.43 Å². The summed E-state index contributed by atoms with van der Waals surface area (Å²) in [6, 6.07) is 1.01. The largest absolute Gasteiger partial charge is 0.265 e. The second-order valence-corrected chi connectivity index (χ2v) is 6.95. The van der Waals surface area contributed by atoms with Crippen LogP contribution in [0.2, 0.25) is 0 Å². The van der Waals surface area contributed by atoms with Crippen molar-refractivity contribution in [1.29, 1.82) is 0 Å². The molecule has 0 amide bonds. The third-order valence-corrected chi connectivity index (χ3v) is 3.35. The molecule has 0 aliphatic rings. The van der Waals surface area contributed by atoms with E-state index in [1.54, 1.807) is 20.8 Å². The fourth-order valence-corrected chi connectivity index (χ4v) is 2.04. The molecule has 0 spiro atoms. The van der Waals surface area contributed by atoms with Gasteiger partial charge in [0.05, 0.1) is 10.6 Å². The van der Waals surface area contributed by atoms with Gasteiger partial charge in [-0.3, -0.25) is 4.98 Å². The first-order chi connectivity index (χ1) is 7.53. The summed E-state index contributed by atoms with van der Waals surface area (Å²) in [6.07, 6.45) is -0.643. The first-order valence-corrected chi connectivity index (χ1v) is 6.91. The van der Waals surface area contributed by atoms with Crippen molar-refractivity contribution in [3.63, 3.8) is 0 Å². The smallest absolute Gasteiger partial charge is 0.259 e. The second kappa shape index (κ2) is 4.33. The van der Waals surface area contributed by atoms with Crippen LogP contribution in [0.5, 0.6) is 0 Å². The van der Waals surface area contributed by atoms with Crippen LogP contribution >= 0.6 is 0 Å². The van der Waals surface area contributed by atoms with E-state index in [4.69, 9.17) is 0 Å². The van der Waals surface area contributed by atoms with E-state index in [1.165, 1.54) is 0 Å². The van der Waals surface area contributed by atoms with Gasteiger partial charge < -0.3 is 0 Å². The molecule has 0 atom stereocenters. The van der Waals surface area contributed by atoms with Gasteiger partial charge in [-0.2, -0.15) is 0 Å². The molecule has 0 radical (unpaired) electrons. The highest BCUT2D eigenvalue weighted by atomic mass is 32.2. The van der Waals surface area contributed by atoms with Crippen LogP contribution in [0, 0.1) is 0 Å². The highest BCUT2D eigenvalue weighted by Crippen LogP contribution is 2.31. The van der Waals surface area contributed by atoms with Gasteiger partial charge in [-0.15, -0.1) is 0 Å². The Bertz CT molecular complexity index is 519. The molecule has 17 heavy (non-hydrogen) atoms. The SMILES string of the molecule is CC(C)(C)c1ncc(S(C)(=O)=O)cc1C(F)F. The quantitative estimate of drug-likeness (QED) is 0.824. The number of aromatic nitrogens is 1. The van der Waals surface area contributed by atoms with Crippen LogP contribution in [-0.2, 0) is 15.3 Å². The average Bonchev–Trinajstić information content (AvgIpc) is 2.14. The van der Waals surface area contributed by atoms with Gasteiger partial charge in [0.1, 0.15) is 0 Å². The molecule has 0 bridgehead atoms. The van der Waals surface area contributed by atoms with E-state index in [9.17, 15) is 17.2 Å². The topological polar surface area (TPSA) is 47.0 Å². The van der Waals surface area contributed by atoms with E-state index >= 15 is 0 Å². The molecule has 0 aliphatic carbocycles. The van der Waals surface area contributed by atoms with E-state index < -0.39 is 21.7 Å². The standard InChI is InChI=1S/C11H15F2NO2S/c1-11(2,3)9-8(10(12)13)5-7(6-14-9)17(4,15)16/h5-6,10H,1-4H3. The third kappa shape index (κ3) is 3.21. The molecule has 1 aromatic rings. The Balaban J connectivity index is 3.49. The number of alkyl halides is 2. The molecule has 0 aliphatic heterocycles. The molecule has 96 valence electrons. The zero-order valence-electron chi connectivity index (χ0n) is 10.2. The van der Waals surface area contributed by atoms with E-state index in [1.807, 2.05) is 0 Å². The lowest BCUT2D eigenvalue weighted by molar-refractivity contribution is 0.147. The van der Waals surface area contributed by atoms with Crippen molar-refractivity contribution < 1.29 is 17.2 Å². The lowest BCUT2D eigenvalue weighted by Gasteiger charge is -2.21. The lowest BCUT2D eigenvalue weighted by Crippen LogP contribution is -2.17. The Morgan fingerprint density at radius 3 is 2.18 bits per heavy atom. The molecule has 0 aromatic carbocycles. The fraction of sp³-hybridized carbons (Fsp3) is 0.545. The van der Waals surface area contributed by atoms with Crippen LogP contribution in [-0.4, -0.2) is 19.7 Å². The normalized spacial score (nSPS) is 13.1. The van der Waals surface area contributed by atoms with Gasteiger partial charge in [0.15, 0.2) is 9.84 Å². The van der Waals surface area contributed by atoms with Crippen LogP contribution < -0.4 is 0 Å². The molecule has 6 heteroatoms. The predicted octanol–water partition coefficient (Wildman–Crippen LogP) is 2.72. The summed E-state index contributed by atoms with van der Waals surface area (Å²) >= 11 is 0. The maximum Gasteiger partial charge on any atom is 0.265 e. The molecule has 1 heterocycles. The number of rotatable bonds is 2.